The highest BCUT2D eigenvalue weighted by atomic mass is 32.2. The number of nitrogens with zero attached hydrogens (tertiary/aromatic N) is 13. The fraction of sp³-hybridized carbons (Fsp3) is 0.241. The topological polar surface area (TPSA) is 319 Å². The molecule has 0 saturated heterocycles. The molecule has 8 rings (SSSR count). The molecule has 0 saturated carbocycles. The van der Waals surface area contributed by atoms with Crippen LogP contribution in [-0.2, 0) is 26.0 Å². The van der Waals surface area contributed by atoms with Crippen molar-refractivity contribution in [3.05, 3.63) is 119 Å². The molecule has 8 aromatic rings. The molecule has 28 heteroatoms. The molecule has 0 unspecified atom stereocenters. The number of rotatable bonds is 23. The van der Waals surface area contributed by atoms with Crippen LogP contribution in [0.15, 0.2) is 126 Å². The van der Waals surface area contributed by atoms with E-state index in [4.69, 9.17) is 24.4 Å². The highest BCUT2D eigenvalue weighted by Gasteiger charge is 2.24. The number of azo groups is 2. The maximum atomic E-state index is 12.2. The average Bonchev–Trinajstić information content (AvgIpc) is 4.21. The number of nitrogens with one attached hydrogen (secondary N) is 2. The average molecular weight is 1200 g/mol. The molecule has 0 aliphatic rings. The van der Waals surface area contributed by atoms with Crippen LogP contribution in [0.1, 0.15) is 55.5 Å². The van der Waals surface area contributed by atoms with Crippen LogP contribution in [0.3, 0.4) is 0 Å². The van der Waals surface area contributed by atoms with Crippen LogP contribution in [-0.4, -0.2) is 90.0 Å². The summed E-state index contributed by atoms with van der Waals surface area (Å²) in [6.07, 6.45) is 0. The third kappa shape index (κ3) is 13.5. The lowest BCUT2D eigenvalue weighted by atomic mass is 10.1. The minimum absolute atomic E-state index is 0.0244. The second-order valence-corrected chi connectivity index (χ2v) is 22.9. The highest BCUT2D eigenvalue weighted by molar-refractivity contribution is 7.98. The number of ether oxygens (including phenoxy) is 2. The fourth-order valence-corrected chi connectivity index (χ4v) is 12.1. The summed E-state index contributed by atoms with van der Waals surface area (Å²) < 4.78 is 89.3. The Morgan fingerprint density at radius 3 is 1.41 bits per heavy atom. The van der Waals surface area contributed by atoms with Crippen LogP contribution in [0.2, 0.25) is 0 Å². The lowest BCUT2D eigenvalue weighted by Gasteiger charge is -2.25. The standard InChI is InChI=1S/C54H53N15O8S5/c1-9-68(10-2)42-24-38(40(26-44(42)76-7)62-64-50-36(28-55)48(66-79-50)34-20-18-31(5)46(22-34)81(70,71)72)57-52-59-53(61-54(60-52)78-30-33-16-14-13-15-17-33)58-39-25-43(69(11-3)12-4)45(77-8)27-41(39)63-65-51-37(29-56)49(67-80-51)35-21-19-32(6)47(23-35)82(73,74)75/h13-27H,9-12,30H2,1-8H3,(H,70,71,72)(H,73,74,75)(H2,57,58,59,60,61)/b64-62+,65-63+. The van der Waals surface area contributed by atoms with E-state index in [-0.39, 0.29) is 76.7 Å². The maximum Gasteiger partial charge on any atom is 0.294 e. The SMILES string of the molecule is CCN(CC)c1cc(Nc2nc(Nc3cc(N(CC)CC)c(OC)cc3/N=N/c3snc(-c4ccc(C)c(S(=O)(=O)O)c4)c3C#N)nc(SCc3ccccc3)n2)c(/N=N/c2snc(-c3ccc(C)c(S(=O)(=O)O)c3)c2C#N)cc1OC. The van der Waals surface area contributed by atoms with E-state index in [1.54, 1.807) is 24.3 Å². The molecule has 0 bridgehead atoms. The first-order chi connectivity index (χ1) is 39.3. The molecule has 4 N–H and O–H groups in total. The van der Waals surface area contributed by atoms with Crippen molar-refractivity contribution in [2.75, 3.05) is 60.8 Å². The monoisotopic (exact) mass is 1200 g/mol. The van der Waals surface area contributed by atoms with E-state index in [2.05, 4.69) is 61.8 Å². The molecular weight excluding hydrogens is 1150 g/mol. The van der Waals surface area contributed by atoms with Gasteiger partial charge in [0.15, 0.2) is 15.2 Å². The summed E-state index contributed by atoms with van der Waals surface area (Å²) in [5.41, 5.74) is 5.18. The van der Waals surface area contributed by atoms with Crippen molar-refractivity contribution in [3.8, 4) is 46.2 Å². The smallest absolute Gasteiger partial charge is 0.294 e. The molecule has 0 radical (unpaired) electrons. The normalized spacial score (nSPS) is 11.7. The predicted octanol–water partition coefficient (Wildman–Crippen LogP) is 13.3. The molecule has 82 heavy (non-hydrogen) atoms. The molecule has 0 aliphatic heterocycles. The molecule has 0 aliphatic carbocycles. The Morgan fingerprint density at radius 2 is 1.04 bits per heavy atom. The van der Waals surface area contributed by atoms with Gasteiger partial charge in [0.1, 0.15) is 57.5 Å². The summed E-state index contributed by atoms with van der Waals surface area (Å²) in [7, 11) is -6.10. The first kappa shape index (κ1) is 59.6. The van der Waals surface area contributed by atoms with Crippen LogP contribution in [0, 0.1) is 36.5 Å². The number of benzene rings is 5. The first-order valence-corrected chi connectivity index (χ1v) is 30.5. The Kier molecular flexibility index (Phi) is 18.9. The van der Waals surface area contributed by atoms with E-state index in [1.165, 1.54) is 64.1 Å². The lowest BCUT2D eigenvalue weighted by Crippen LogP contribution is -2.22. The largest absolute Gasteiger partial charge is 0.494 e. The van der Waals surface area contributed by atoms with Crippen molar-refractivity contribution in [3.63, 3.8) is 0 Å². The van der Waals surface area contributed by atoms with Gasteiger partial charge in [0.25, 0.3) is 20.2 Å². The van der Waals surface area contributed by atoms with E-state index < -0.39 is 20.2 Å². The molecule has 5 aromatic carbocycles. The predicted molar refractivity (Wildman–Crippen MR) is 317 cm³/mol. The molecule has 23 nitrogen and oxygen atoms in total. The molecule has 3 heterocycles. The van der Waals surface area contributed by atoms with Gasteiger partial charge in [-0.05, 0) is 106 Å². The molecule has 3 aromatic heterocycles. The number of aryl methyl sites for hydroxylation is 2. The van der Waals surface area contributed by atoms with Gasteiger partial charge < -0.3 is 29.9 Å². The Morgan fingerprint density at radius 1 is 0.610 bits per heavy atom. The Bertz CT molecular complexity index is 3830. The lowest BCUT2D eigenvalue weighted by molar-refractivity contribution is 0.414. The van der Waals surface area contributed by atoms with Crippen molar-refractivity contribution in [1.29, 1.82) is 10.5 Å². The van der Waals surface area contributed by atoms with Crippen LogP contribution < -0.4 is 29.9 Å². The van der Waals surface area contributed by atoms with Crippen molar-refractivity contribution < 1.29 is 35.4 Å². The molecule has 0 fully saturated rings. The summed E-state index contributed by atoms with van der Waals surface area (Å²) in [6.45, 7) is 13.6. The van der Waals surface area contributed by atoms with Gasteiger partial charge in [0.05, 0.1) is 46.8 Å². The summed E-state index contributed by atoms with van der Waals surface area (Å²) in [5.74, 6) is 1.58. The van der Waals surface area contributed by atoms with Gasteiger partial charge >= 0.3 is 0 Å². The van der Waals surface area contributed by atoms with E-state index in [1.807, 2.05) is 70.2 Å². The third-order valence-electron chi connectivity index (χ3n) is 12.7. The minimum atomic E-state index is -4.58. The van der Waals surface area contributed by atoms with Gasteiger partial charge in [-0.2, -0.15) is 51.1 Å². The van der Waals surface area contributed by atoms with E-state index in [9.17, 15) is 36.5 Å². The van der Waals surface area contributed by atoms with Crippen LogP contribution in [0.5, 0.6) is 11.5 Å². The number of hydrogen-bond acceptors (Lipinski definition) is 24. The first-order valence-electron chi connectivity index (χ1n) is 25.1. The van der Waals surface area contributed by atoms with Crippen LogP contribution in [0.25, 0.3) is 22.5 Å². The minimum Gasteiger partial charge on any atom is -0.494 e. The number of nitriles is 2. The summed E-state index contributed by atoms with van der Waals surface area (Å²) >= 11 is 3.10. The molecule has 422 valence electrons. The Balaban J connectivity index is 1.24. The van der Waals surface area contributed by atoms with Gasteiger partial charge in [-0.1, -0.05) is 66.4 Å². The van der Waals surface area contributed by atoms with Crippen LogP contribution >= 0.6 is 34.8 Å². The Hall–Kier alpha value is -8.48. The van der Waals surface area contributed by atoms with Gasteiger partial charge in [0, 0.05) is 55.2 Å². The zero-order valence-corrected chi connectivity index (χ0v) is 49.5. The quantitative estimate of drug-likeness (QED) is 0.0263. The Labute approximate surface area is 486 Å². The van der Waals surface area contributed by atoms with Gasteiger partial charge in [-0.25, -0.2) is 0 Å². The number of aromatic nitrogens is 5. The zero-order chi connectivity index (χ0) is 58.9. The van der Waals surface area contributed by atoms with Crippen molar-refractivity contribution in [2.45, 2.75) is 62.2 Å². The molecule has 0 spiro atoms. The van der Waals surface area contributed by atoms with Crippen molar-refractivity contribution >= 4 is 111 Å². The summed E-state index contributed by atoms with van der Waals surface area (Å²) in [5, 5.41) is 46.3. The number of methoxy groups -OCH3 is 2. The summed E-state index contributed by atoms with van der Waals surface area (Å²) in [4.78, 5) is 18.2. The molecule has 0 atom stereocenters. The fourth-order valence-electron chi connectivity index (χ4n) is 8.47. The third-order valence-corrected chi connectivity index (χ3v) is 17.0. The highest BCUT2D eigenvalue weighted by Crippen LogP contribution is 2.45. The van der Waals surface area contributed by atoms with E-state index in [0.29, 0.717) is 82.5 Å². The second-order valence-electron chi connectivity index (χ2n) is 17.7. The summed E-state index contributed by atoms with van der Waals surface area (Å²) in [6, 6.07) is 29.8. The number of hydrogen-bond donors (Lipinski definition) is 4. The van der Waals surface area contributed by atoms with Gasteiger partial charge in [0.2, 0.25) is 11.9 Å². The zero-order valence-electron chi connectivity index (χ0n) is 45.4. The maximum absolute atomic E-state index is 12.2. The van der Waals surface area contributed by atoms with E-state index >= 15 is 0 Å². The van der Waals surface area contributed by atoms with Gasteiger partial charge in [-0.15, -0.1) is 20.5 Å². The van der Waals surface area contributed by atoms with Gasteiger partial charge in [-0.3, -0.25) is 9.11 Å². The molecule has 0 amide bonds. The second kappa shape index (κ2) is 26.0. The number of thioether (sulfide) groups is 1. The van der Waals surface area contributed by atoms with Crippen molar-refractivity contribution in [2.24, 2.45) is 20.5 Å². The van der Waals surface area contributed by atoms with Crippen molar-refractivity contribution in [1.82, 2.24) is 23.7 Å². The van der Waals surface area contributed by atoms with Crippen LogP contribution in [0.4, 0.5) is 56.0 Å². The van der Waals surface area contributed by atoms with E-state index in [0.717, 1.165) is 28.6 Å². The molecular formula is C54H53N15O8S5. The number of anilines is 6.